The van der Waals surface area contributed by atoms with Gasteiger partial charge in [0.05, 0.1) is 5.39 Å². The van der Waals surface area contributed by atoms with E-state index in [-0.39, 0.29) is 5.91 Å². The van der Waals surface area contributed by atoms with Gasteiger partial charge >= 0.3 is 0 Å². The molecule has 36 heavy (non-hydrogen) atoms. The summed E-state index contributed by atoms with van der Waals surface area (Å²) in [5, 5.41) is 7.10. The van der Waals surface area contributed by atoms with Gasteiger partial charge in [-0.3, -0.25) is 4.79 Å². The number of allylic oxidation sites excluding steroid dienone is 1. The molecule has 4 aromatic rings. The van der Waals surface area contributed by atoms with E-state index in [0.29, 0.717) is 24.4 Å². The molecule has 0 saturated heterocycles. The number of nitrogens with one attached hydrogen (secondary N) is 2. The Balaban J connectivity index is 1.47. The molecule has 2 N–H and O–H groups in total. The number of fused-ring (bicyclic) bond motifs is 1. The molecule has 184 valence electrons. The van der Waals surface area contributed by atoms with E-state index >= 15 is 0 Å². The first kappa shape index (κ1) is 23.6. The van der Waals surface area contributed by atoms with Crippen LogP contribution in [0, 0.1) is 5.92 Å². The molecule has 2 aromatic heterocycles. The summed E-state index contributed by atoms with van der Waals surface area (Å²) in [6, 6.07) is 18.5. The summed E-state index contributed by atoms with van der Waals surface area (Å²) >= 11 is 0. The maximum absolute atomic E-state index is 11.9. The SMILES string of the molecule is C=C(C)NCC1CC(n2cc(-c3cccc(OCc4ccccc4)c3)c3c(NC(C)=O)ncnc32)C1. The highest BCUT2D eigenvalue weighted by Gasteiger charge is 2.32. The molecule has 2 aromatic carbocycles. The van der Waals surface area contributed by atoms with Gasteiger partial charge in [-0.1, -0.05) is 49.0 Å². The number of hydrogen-bond acceptors (Lipinski definition) is 5. The second-order valence-corrected chi connectivity index (χ2v) is 9.51. The lowest BCUT2D eigenvalue weighted by Gasteiger charge is -2.37. The van der Waals surface area contributed by atoms with E-state index in [9.17, 15) is 4.79 Å². The molecule has 1 amide bonds. The van der Waals surface area contributed by atoms with Crippen LogP contribution in [0.3, 0.4) is 0 Å². The number of benzene rings is 2. The van der Waals surface area contributed by atoms with Gasteiger partial charge in [-0.2, -0.15) is 0 Å². The number of nitrogens with zero attached hydrogens (tertiary/aromatic N) is 3. The zero-order valence-corrected chi connectivity index (χ0v) is 20.7. The lowest BCUT2D eigenvalue weighted by Crippen LogP contribution is -2.33. The first-order chi connectivity index (χ1) is 17.5. The number of ether oxygens (including phenoxy) is 1. The summed E-state index contributed by atoms with van der Waals surface area (Å²) in [5.74, 6) is 1.74. The summed E-state index contributed by atoms with van der Waals surface area (Å²) in [7, 11) is 0. The summed E-state index contributed by atoms with van der Waals surface area (Å²) in [5.41, 5.74) is 4.90. The van der Waals surface area contributed by atoms with Crippen molar-refractivity contribution in [1.29, 1.82) is 0 Å². The van der Waals surface area contributed by atoms with Gasteiger partial charge in [-0.15, -0.1) is 0 Å². The van der Waals surface area contributed by atoms with Crippen molar-refractivity contribution in [3.05, 3.63) is 85.0 Å². The van der Waals surface area contributed by atoms with Crippen LogP contribution >= 0.6 is 0 Å². The summed E-state index contributed by atoms with van der Waals surface area (Å²) in [4.78, 5) is 21.0. The minimum atomic E-state index is -0.164. The Morgan fingerprint density at radius 1 is 1.11 bits per heavy atom. The third-order valence-corrected chi connectivity index (χ3v) is 6.59. The highest BCUT2D eigenvalue weighted by atomic mass is 16.5. The molecule has 0 spiro atoms. The Morgan fingerprint density at radius 3 is 2.67 bits per heavy atom. The number of hydrogen-bond donors (Lipinski definition) is 2. The number of rotatable bonds is 9. The van der Waals surface area contributed by atoms with Crippen LogP contribution in [-0.4, -0.2) is 27.0 Å². The molecule has 0 atom stereocenters. The first-order valence-electron chi connectivity index (χ1n) is 12.3. The lowest BCUT2D eigenvalue weighted by molar-refractivity contribution is -0.114. The molecular weight excluding hydrogens is 450 g/mol. The fourth-order valence-corrected chi connectivity index (χ4v) is 4.75. The smallest absolute Gasteiger partial charge is 0.222 e. The van der Waals surface area contributed by atoms with Crippen LogP contribution in [0.25, 0.3) is 22.2 Å². The van der Waals surface area contributed by atoms with Crippen LogP contribution in [0.1, 0.15) is 38.3 Å². The van der Waals surface area contributed by atoms with Crippen LogP contribution in [0.2, 0.25) is 0 Å². The fourth-order valence-electron chi connectivity index (χ4n) is 4.75. The van der Waals surface area contributed by atoms with Crippen LogP contribution in [-0.2, 0) is 11.4 Å². The van der Waals surface area contributed by atoms with Crippen LogP contribution in [0.15, 0.2) is 79.4 Å². The minimum absolute atomic E-state index is 0.164. The largest absolute Gasteiger partial charge is 0.489 e. The second-order valence-electron chi connectivity index (χ2n) is 9.51. The molecule has 0 aliphatic heterocycles. The van der Waals surface area contributed by atoms with Gasteiger partial charge in [-0.05, 0) is 48.9 Å². The van der Waals surface area contributed by atoms with Crippen LogP contribution in [0.5, 0.6) is 5.75 Å². The van der Waals surface area contributed by atoms with Crippen molar-refractivity contribution >= 4 is 22.8 Å². The van der Waals surface area contributed by atoms with Gasteiger partial charge in [-0.25, -0.2) is 9.97 Å². The molecule has 0 unspecified atom stereocenters. The van der Waals surface area contributed by atoms with E-state index in [1.165, 1.54) is 13.3 Å². The highest BCUT2D eigenvalue weighted by Crippen LogP contribution is 2.43. The number of anilines is 1. The average Bonchev–Trinajstić information content (AvgIpc) is 3.22. The predicted molar refractivity (Wildman–Crippen MR) is 143 cm³/mol. The molecule has 7 heteroatoms. The van der Waals surface area contributed by atoms with Gasteiger partial charge in [0.15, 0.2) is 0 Å². The quantitative estimate of drug-likeness (QED) is 0.320. The number of aromatic nitrogens is 3. The molecule has 5 rings (SSSR count). The molecule has 0 bridgehead atoms. The Morgan fingerprint density at radius 2 is 1.92 bits per heavy atom. The third kappa shape index (κ3) is 5.10. The van der Waals surface area contributed by atoms with Crippen molar-refractivity contribution in [3.8, 4) is 16.9 Å². The minimum Gasteiger partial charge on any atom is -0.489 e. The number of carbonyl (C=O) groups is 1. The van der Waals surface area contributed by atoms with E-state index < -0.39 is 0 Å². The van der Waals surface area contributed by atoms with E-state index in [2.05, 4.69) is 44.0 Å². The van der Waals surface area contributed by atoms with Crippen molar-refractivity contribution < 1.29 is 9.53 Å². The van der Waals surface area contributed by atoms with E-state index in [4.69, 9.17) is 4.74 Å². The van der Waals surface area contributed by atoms with Crippen LogP contribution < -0.4 is 15.4 Å². The van der Waals surface area contributed by atoms with Crippen molar-refractivity contribution in [3.63, 3.8) is 0 Å². The molecular formula is C29H31N5O2. The van der Waals surface area contributed by atoms with Gasteiger partial charge in [0.2, 0.25) is 5.91 Å². The topological polar surface area (TPSA) is 81.1 Å². The molecule has 7 nitrogen and oxygen atoms in total. The predicted octanol–water partition coefficient (Wildman–Crippen LogP) is 5.71. The molecule has 1 aliphatic rings. The Kier molecular flexibility index (Phi) is 6.71. The molecule has 2 heterocycles. The number of amides is 1. The number of carbonyl (C=O) groups excluding carboxylic acids is 1. The standard InChI is InChI=1S/C29H31N5O2/c1-19(2)30-15-22-12-24(13-22)34-16-26(27-28(33-20(3)35)31-18-32-29(27)34)23-10-7-11-25(14-23)36-17-21-8-5-4-6-9-21/h4-11,14,16,18,22,24,30H,1,12-13,15,17H2,2-3H3,(H,31,32,33,35). The van der Waals surface area contributed by atoms with Gasteiger partial charge in [0.1, 0.15) is 30.1 Å². The fraction of sp³-hybridized carbons (Fsp3) is 0.276. The zero-order valence-electron chi connectivity index (χ0n) is 20.7. The van der Waals surface area contributed by atoms with Gasteiger partial charge in [0.25, 0.3) is 0 Å². The maximum Gasteiger partial charge on any atom is 0.222 e. The normalized spacial score (nSPS) is 16.8. The zero-order chi connectivity index (χ0) is 25.1. The van der Waals surface area contributed by atoms with Crippen molar-refractivity contribution in [2.45, 2.75) is 39.3 Å². The molecule has 1 fully saturated rings. The van der Waals surface area contributed by atoms with E-state index in [1.54, 1.807) is 0 Å². The maximum atomic E-state index is 11.9. The lowest BCUT2D eigenvalue weighted by atomic mass is 9.80. The van der Waals surface area contributed by atoms with Crippen molar-refractivity contribution in [2.75, 3.05) is 11.9 Å². The molecule has 1 aliphatic carbocycles. The monoisotopic (exact) mass is 481 g/mol. The van der Waals surface area contributed by atoms with Crippen molar-refractivity contribution in [1.82, 2.24) is 19.9 Å². The Hall–Kier alpha value is -4.13. The molecule has 0 radical (unpaired) electrons. The van der Waals surface area contributed by atoms with Crippen molar-refractivity contribution in [2.24, 2.45) is 5.92 Å². The summed E-state index contributed by atoms with van der Waals surface area (Å²) in [6.07, 6.45) is 5.78. The van der Waals surface area contributed by atoms with Gasteiger partial charge < -0.3 is 19.9 Å². The second kappa shape index (κ2) is 10.2. The third-order valence-electron chi connectivity index (χ3n) is 6.59. The molecule has 1 saturated carbocycles. The first-order valence-corrected chi connectivity index (χ1v) is 12.3. The highest BCUT2D eigenvalue weighted by molar-refractivity contribution is 6.05. The van der Waals surface area contributed by atoms with Gasteiger partial charge in [0, 0.05) is 37.0 Å². The summed E-state index contributed by atoms with van der Waals surface area (Å²) in [6.45, 7) is 8.84. The summed E-state index contributed by atoms with van der Waals surface area (Å²) < 4.78 is 8.33. The Labute approximate surface area is 211 Å². The van der Waals surface area contributed by atoms with Crippen LogP contribution in [0.4, 0.5) is 5.82 Å². The average molecular weight is 482 g/mol. The van der Waals surface area contributed by atoms with E-state index in [0.717, 1.165) is 58.6 Å². The Bertz CT molecular complexity index is 1390. The van der Waals surface area contributed by atoms with E-state index in [1.807, 2.05) is 55.5 Å².